The first kappa shape index (κ1) is 10.7. The molecule has 1 aromatic carbocycles. The Morgan fingerprint density at radius 1 is 1.38 bits per heavy atom. The number of rotatable bonds is 3. The molecule has 1 aromatic heterocycles. The van der Waals surface area contributed by atoms with Gasteiger partial charge < -0.3 is 10.5 Å². The maximum atomic E-state index is 12.0. The zero-order valence-electron chi connectivity index (χ0n) is 8.77. The second-order valence-corrected chi connectivity index (χ2v) is 4.21. The van der Waals surface area contributed by atoms with Crippen molar-refractivity contribution in [2.75, 3.05) is 12.8 Å². The molecule has 4 heteroatoms. The smallest absolute Gasteiger partial charge is 0.203 e. The van der Waals surface area contributed by atoms with Crippen LogP contribution in [0.4, 0.5) is 5.69 Å². The van der Waals surface area contributed by atoms with Crippen LogP contribution in [0.5, 0.6) is 5.75 Å². The molecule has 0 fully saturated rings. The van der Waals surface area contributed by atoms with Crippen molar-refractivity contribution in [1.29, 1.82) is 0 Å². The molecule has 0 bridgehead atoms. The van der Waals surface area contributed by atoms with Crippen LogP contribution >= 0.6 is 11.3 Å². The number of nitrogen functional groups attached to an aromatic ring is 1. The minimum absolute atomic E-state index is 0.00620. The highest BCUT2D eigenvalue weighted by Gasteiger charge is 2.11. The number of hydrogen-bond donors (Lipinski definition) is 1. The molecule has 0 atom stereocenters. The molecule has 2 rings (SSSR count). The van der Waals surface area contributed by atoms with E-state index in [0.717, 1.165) is 0 Å². The fourth-order valence-corrected chi connectivity index (χ4v) is 2.09. The summed E-state index contributed by atoms with van der Waals surface area (Å²) in [6.07, 6.45) is 0. The SMILES string of the molecule is COc1cc(C(=O)c2cccs2)ccc1N. The highest BCUT2D eigenvalue weighted by molar-refractivity contribution is 7.12. The fourth-order valence-electron chi connectivity index (χ4n) is 1.40. The van der Waals surface area contributed by atoms with Crippen LogP contribution < -0.4 is 10.5 Å². The lowest BCUT2D eigenvalue weighted by Crippen LogP contribution is -2.00. The van der Waals surface area contributed by atoms with Crippen molar-refractivity contribution >= 4 is 22.8 Å². The fraction of sp³-hybridized carbons (Fsp3) is 0.0833. The molecule has 0 saturated heterocycles. The Morgan fingerprint density at radius 3 is 2.81 bits per heavy atom. The lowest BCUT2D eigenvalue weighted by Gasteiger charge is -2.05. The first-order valence-corrected chi connectivity index (χ1v) is 5.62. The lowest BCUT2D eigenvalue weighted by atomic mass is 10.1. The number of ketones is 1. The third-order valence-corrected chi connectivity index (χ3v) is 3.11. The first-order valence-electron chi connectivity index (χ1n) is 4.74. The summed E-state index contributed by atoms with van der Waals surface area (Å²) in [5.74, 6) is 0.524. The van der Waals surface area contributed by atoms with Crippen molar-refractivity contribution in [3.8, 4) is 5.75 Å². The van der Waals surface area contributed by atoms with Gasteiger partial charge in [0.2, 0.25) is 5.78 Å². The van der Waals surface area contributed by atoms with Crippen LogP contribution in [-0.2, 0) is 0 Å². The van der Waals surface area contributed by atoms with Crippen molar-refractivity contribution in [3.63, 3.8) is 0 Å². The van der Waals surface area contributed by atoms with Gasteiger partial charge in [-0.1, -0.05) is 6.07 Å². The largest absolute Gasteiger partial charge is 0.495 e. The Bertz CT molecular complexity index is 506. The number of carbonyl (C=O) groups is 1. The van der Waals surface area contributed by atoms with Crippen LogP contribution in [0.2, 0.25) is 0 Å². The van der Waals surface area contributed by atoms with E-state index in [1.54, 1.807) is 24.3 Å². The molecule has 82 valence electrons. The summed E-state index contributed by atoms with van der Waals surface area (Å²) >= 11 is 1.42. The number of nitrogens with two attached hydrogens (primary N) is 1. The molecule has 16 heavy (non-hydrogen) atoms. The number of hydrogen-bond acceptors (Lipinski definition) is 4. The highest BCUT2D eigenvalue weighted by atomic mass is 32.1. The molecule has 2 aromatic rings. The Morgan fingerprint density at radius 2 is 2.19 bits per heavy atom. The normalized spacial score (nSPS) is 10.1. The quantitative estimate of drug-likeness (QED) is 0.654. The molecule has 0 unspecified atom stereocenters. The maximum Gasteiger partial charge on any atom is 0.203 e. The van der Waals surface area contributed by atoms with Gasteiger partial charge in [0.25, 0.3) is 0 Å². The molecule has 0 radical (unpaired) electrons. The predicted octanol–water partition coefficient (Wildman–Crippen LogP) is 2.57. The van der Waals surface area contributed by atoms with Crippen LogP contribution in [0.1, 0.15) is 15.2 Å². The van der Waals surface area contributed by atoms with Crippen LogP contribution in [-0.4, -0.2) is 12.9 Å². The molecule has 2 N–H and O–H groups in total. The van der Waals surface area contributed by atoms with Crippen molar-refractivity contribution in [1.82, 2.24) is 0 Å². The number of anilines is 1. The van der Waals surface area contributed by atoms with Crippen LogP contribution in [0.25, 0.3) is 0 Å². The van der Waals surface area contributed by atoms with Crippen molar-refractivity contribution in [3.05, 3.63) is 46.2 Å². The number of benzene rings is 1. The Kier molecular flexibility index (Phi) is 2.92. The third-order valence-electron chi connectivity index (χ3n) is 2.24. The molecule has 0 spiro atoms. The standard InChI is InChI=1S/C12H11NO2S/c1-15-10-7-8(4-5-9(10)13)12(14)11-3-2-6-16-11/h2-7H,13H2,1H3. The van der Waals surface area contributed by atoms with Gasteiger partial charge >= 0.3 is 0 Å². The number of carbonyl (C=O) groups excluding carboxylic acids is 1. The van der Waals surface area contributed by atoms with E-state index in [0.29, 0.717) is 21.9 Å². The summed E-state index contributed by atoms with van der Waals surface area (Å²) in [5, 5.41) is 1.88. The Hall–Kier alpha value is -1.81. The molecule has 0 aliphatic heterocycles. The Labute approximate surface area is 97.5 Å². The minimum atomic E-state index is -0.00620. The van der Waals surface area contributed by atoms with Gasteiger partial charge in [-0.05, 0) is 29.6 Å². The molecule has 3 nitrogen and oxygen atoms in total. The summed E-state index contributed by atoms with van der Waals surface area (Å²) in [6.45, 7) is 0. The van der Waals surface area contributed by atoms with Gasteiger partial charge in [-0.15, -0.1) is 11.3 Å². The average Bonchev–Trinajstić information content (AvgIpc) is 2.82. The van der Waals surface area contributed by atoms with E-state index in [1.165, 1.54) is 18.4 Å². The van der Waals surface area contributed by atoms with Gasteiger partial charge in [-0.25, -0.2) is 0 Å². The van der Waals surface area contributed by atoms with E-state index < -0.39 is 0 Å². The second kappa shape index (κ2) is 4.37. The van der Waals surface area contributed by atoms with Crippen LogP contribution in [0.15, 0.2) is 35.7 Å². The summed E-state index contributed by atoms with van der Waals surface area (Å²) in [5.41, 5.74) is 6.81. The first-order chi connectivity index (χ1) is 7.72. The van der Waals surface area contributed by atoms with Gasteiger partial charge in [-0.3, -0.25) is 4.79 Å². The summed E-state index contributed by atoms with van der Waals surface area (Å²) in [6, 6.07) is 8.71. The lowest BCUT2D eigenvalue weighted by molar-refractivity contribution is 0.104. The summed E-state index contributed by atoms with van der Waals surface area (Å²) in [7, 11) is 1.53. The van der Waals surface area contributed by atoms with Crippen molar-refractivity contribution in [2.45, 2.75) is 0 Å². The molecule has 0 aliphatic carbocycles. The van der Waals surface area contributed by atoms with Crippen LogP contribution in [0.3, 0.4) is 0 Å². The van der Waals surface area contributed by atoms with Crippen molar-refractivity contribution in [2.24, 2.45) is 0 Å². The van der Waals surface area contributed by atoms with Gasteiger partial charge in [-0.2, -0.15) is 0 Å². The van der Waals surface area contributed by atoms with Gasteiger partial charge in [0, 0.05) is 5.56 Å². The predicted molar refractivity (Wildman–Crippen MR) is 65.2 cm³/mol. The average molecular weight is 233 g/mol. The number of ether oxygens (including phenoxy) is 1. The second-order valence-electron chi connectivity index (χ2n) is 3.26. The molecular weight excluding hydrogens is 222 g/mol. The molecule has 1 heterocycles. The zero-order chi connectivity index (χ0) is 11.5. The van der Waals surface area contributed by atoms with E-state index in [-0.39, 0.29) is 5.78 Å². The third kappa shape index (κ3) is 1.92. The van der Waals surface area contributed by atoms with Crippen LogP contribution in [0, 0.1) is 0 Å². The maximum absolute atomic E-state index is 12.0. The van der Waals surface area contributed by atoms with E-state index >= 15 is 0 Å². The molecular formula is C12H11NO2S. The van der Waals surface area contributed by atoms with Gasteiger partial charge in [0.15, 0.2) is 0 Å². The van der Waals surface area contributed by atoms with E-state index in [1.807, 2.05) is 11.4 Å². The topological polar surface area (TPSA) is 52.3 Å². The number of thiophene rings is 1. The monoisotopic (exact) mass is 233 g/mol. The van der Waals surface area contributed by atoms with Crippen molar-refractivity contribution < 1.29 is 9.53 Å². The zero-order valence-corrected chi connectivity index (χ0v) is 9.58. The van der Waals surface area contributed by atoms with E-state index in [4.69, 9.17) is 10.5 Å². The summed E-state index contributed by atoms with van der Waals surface area (Å²) in [4.78, 5) is 12.7. The Balaban J connectivity index is 2.38. The highest BCUT2D eigenvalue weighted by Crippen LogP contribution is 2.24. The molecule has 0 aliphatic rings. The minimum Gasteiger partial charge on any atom is -0.495 e. The van der Waals surface area contributed by atoms with E-state index in [2.05, 4.69) is 0 Å². The van der Waals surface area contributed by atoms with E-state index in [9.17, 15) is 4.79 Å². The molecule has 0 amide bonds. The molecule has 0 saturated carbocycles. The van der Waals surface area contributed by atoms with Gasteiger partial charge in [0.05, 0.1) is 17.7 Å². The summed E-state index contributed by atoms with van der Waals surface area (Å²) < 4.78 is 5.08. The number of methoxy groups -OCH3 is 1. The van der Waals surface area contributed by atoms with Gasteiger partial charge in [0.1, 0.15) is 5.75 Å².